The van der Waals surface area contributed by atoms with Gasteiger partial charge in [-0.15, -0.1) is 6.42 Å². The second kappa shape index (κ2) is 6.91. The Bertz CT molecular complexity index is 1010. The van der Waals surface area contributed by atoms with Crippen molar-refractivity contribution in [2.24, 2.45) is 4.99 Å². The highest BCUT2D eigenvalue weighted by Gasteiger charge is 2.07. The van der Waals surface area contributed by atoms with Gasteiger partial charge in [-0.1, -0.05) is 34.9 Å². The Balaban J connectivity index is 1.99. The van der Waals surface area contributed by atoms with Crippen LogP contribution in [-0.2, 0) is 6.54 Å². The van der Waals surface area contributed by atoms with Gasteiger partial charge in [-0.3, -0.25) is 0 Å². The van der Waals surface area contributed by atoms with Gasteiger partial charge in [-0.05, 0) is 48.9 Å². The van der Waals surface area contributed by atoms with Gasteiger partial charge in [0.2, 0.25) is 0 Å². The molecule has 4 nitrogen and oxygen atoms in total. The van der Waals surface area contributed by atoms with Crippen LogP contribution in [0.5, 0.6) is 0 Å². The summed E-state index contributed by atoms with van der Waals surface area (Å²) in [6, 6.07) is 12.5. The number of amides is 2. The lowest BCUT2D eigenvalue weighted by molar-refractivity contribution is 0.259. The number of benzene rings is 2. The van der Waals surface area contributed by atoms with Crippen molar-refractivity contribution in [2.45, 2.75) is 13.5 Å². The van der Waals surface area contributed by atoms with Gasteiger partial charge in [0.05, 0.1) is 16.8 Å². The van der Waals surface area contributed by atoms with Crippen LogP contribution in [0.1, 0.15) is 5.56 Å². The summed E-state index contributed by atoms with van der Waals surface area (Å²) in [5.74, 6) is 2.61. The van der Waals surface area contributed by atoms with Crippen molar-refractivity contribution in [1.82, 2.24) is 4.57 Å². The monoisotopic (exact) mass is 355 g/mol. The molecule has 3 aromatic rings. The molecule has 0 saturated heterocycles. The lowest BCUT2D eigenvalue weighted by Crippen LogP contribution is -2.18. The first-order chi connectivity index (χ1) is 11.6. The van der Waals surface area contributed by atoms with Crippen molar-refractivity contribution < 1.29 is 4.79 Å². The number of aromatic nitrogens is 1. The third kappa shape index (κ3) is 3.51. The summed E-state index contributed by atoms with van der Waals surface area (Å²) in [6.45, 7) is 2.38. The molecule has 0 aliphatic carbocycles. The van der Waals surface area contributed by atoms with Crippen molar-refractivity contribution in [3.05, 3.63) is 57.9 Å². The highest BCUT2D eigenvalue weighted by atomic mass is 35.5. The highest BCUT2D eigenvalue weighted by Crippen LogP contribution is 2.19. The number of nitrogens with zero attached hydrogens (tertiary/aromatic N) is 2. The minimum absolute atomic E-state index is 0.357. The van der Waals surface area contributed by atoms with Gasteiger partial charge in [-0.25, -0.2) is 4.79 Å². The van der Waals surface area contributed by atoms with Crippen molar-refractivity contribution >= 4 is 44.9 Å². The first-order valence-corrected chi connectivity index (χ1v) is 8.41. The van der Waals surface area contributed by atoms with Crippen LogP contribution in [0.3, 0.4) is 0 Å². The number of anilines is 1. The molecule has 2 amide bonds. The molecule has 1 N–H and O–H groups in total. The van der Waals surface area contributed by atoms with E-state index in [9.17, 15) is 4.79 Å². The highest BCUT2D eigenvalue weighted by molar-refractivity contribution is 7.16. The zero-order valence-corrected chi connectivity index (χ0v) is 14.5. The van der Waals surface area contributed by atoms with E-state index in [1.165, 1.54) is 11.3 Å². The molecule has 0 aliphatic rings. The van der Waals surface area contributed by atoms with Crippen molar-refractivity contribution in [2.75, 3.05) is 5.32 Å². The van der Waals surface area contributed by atoms with Crippen LogP contribution < -0.4 is 10.1 Å². The molecule has 2 aromatic carbocycles. The molecule has 0 saturated carbocycles. The average Bonchev–Trinajstić information content (AvgIpc) is 2.86. The Labute approximate surface area is 148 Å². The molecule has 120 valence electrons. The number of halogens is 1. The molecule has 0 unspecified atom stereocenters. The predicted octanol–water partition coefficient (Wildman–Crippen LogP) is 4.43. The van der Waals surface area contributed by atoms with Gasteiger partial charge in [0.1, 0.15) is 0 Å². The molecule has 6 heteroatoms. The topological polar surface area (TPSA) is 46.4 Å². The largest absolute Gasteiger partial charge is 0.348 e. The third-order valence-electron chi connectivity index (χ3n) is 3.38. The summed E-state index contributed by atoms with van der Waals surface area (Å²) < 4.78 is 2.91. The van der Waals surface area contributed by atoms with Crippen LogP contribution in [0.4, 0.5) is 10.5 Å². The Kier molecular flexibility index (Phi) is 4.70. The standard InChI is InChI=1S/C18H14ClN3OS/c1-3-10-22-15-9-4-12(2)11-16(15)24-18(22)21-17(23)20-14-7-5-13(19)6-8-14/h1,4-9,11H,10H2,2H3,(H,20,23)/b21-18-. The number of terminal acetylenes is 1. The SMILES string of the molecule is C#CCn1/c(=N/C(=O)Nc2ccc(Cl)cc2)sc2cc(C)ccc21. The molecular weight excluding hydrogens is 342 g/mol. The van der Waals surface area contributed by atoms with Crippen molar-refractivity contribution in [3.63, 3.8) is 0 Å². The number of urea groups is 1. The lowest BCUT2D eigenvalue weighted by atomic mass is 10.2. The molecular formula is C18H14ClN3OS. The smallest absolute Gasteiger partial charge is 0.306 e. The quantitative estimate of drug-likeness (QED) is 0.679. The zero-order valence-electron chi connectivity index (χ0n) is 12.9. The molecule has 0 fully saturated rings. The van der Waals surface area contributed by atoms with Gasteiger partial charge in [0.25, 0.3) is 0 Å². The fourth-order valence-electron chi connectivity index (χ4n) is 2.28. The normalized spacial score (nSPS) is 11.5. The van der Waals surface area contributed by atoms with Crippen LogP contribution >= 0.6 is 22.9 Å². The average molecular weight is 356 g/mol. The maximum Gasteiger partial charge on any atom is 0.348 e. The third-order valence-corrected chi connectivity index (χ3v) is 4.67. The van der Waals surface area contributed by atoms with Gasteiger partial charge in [-0.2, -0.15) is 4.99 Å². The number of thiazole rings is 1. The fraction of sp³-hybridized carbons (Fsp3) is 0.111. The van der Waals surface area contributed by atoms with Crippen LogP contribution in [-0.4, -0.2) is 10.6 Å². The molecule has 24 heavy (non-hydrogen) atoms. The first-order valence-electron chi connectivity index (χ1n) is 7.21. The molecule has 0 bridgehead atoms. The van der Waals surface area contributed by atoms with Gasteiger partial charge >= 0.3 is 6.03 Å². The van der Waals surface area contributed by atoms with Crippen LogP contribution in [0.25, 0.3) is 10.2 Å². The molecule has 0 atom stereocenters. The van der Waals surface area contributed by atoms with E-state index in [0.717, 1.165) is 15.8 Å². The maximum atomic E-state index is 12.2. The maximum absolute atomic E-state index is 12.2. The van der Waals surface area contributed by atoms with Crippen molar-refractivity contribution in [3.8, 4) is 12.3 Å². The van der Waals surface area contributed by atoms with E-state index < -0.39 is 6.03 Å². The second-order valence-corrected chi connectivity index (χ2v) is 6.64. The number of carbonyl (C=O) groups is 1. The van der Waals surface area contributed by atoms with Crippen LogP contribution in [0.2, 0.25) is 5.02 Å². The minimum Gasteiger partial charge on any atom is -0.306 e. The minimum atomic E-state index is -0.452. The zero-order chi connectivity index (χ0) is 17.1. The Morgan fingerprint density at radius 3 is 2.79 bits per heavy atom. The summed E-state index contributed by atoms with van der Waals surface area (Å²) >= 11 is 7.27. The summed E-state index contributed by atoms with van der Waals surface area (Å²) in [4.78, 5) is 16.9. The Morgan fingerprint density at radius 2 is 2.08 bits per heavy atom. The van der Waals surface area contributed by atoms with E-state index in [4.69, 9.17) is 18.0 Å². The summed E-state index contributed by atoms with van der Waals surface area (Å²) in [5.41, 5.74) is 2.75. The second-order valence-electron chi connectivity index (χ2n) is 5.19. The van der Waals surface area contributed by atoms with E-state index >= 15 is 0 Å². The van der Waals surface area contributed by atoms with E-state index in [-0.39, 0.29) is 0 Å². The first kappa shape index (κ1) is 16.3. The number of fused-ring (bicyclic) bond motifs is 1. The van der Waals surface area contributed by atoms with Gasteiger partial charge in [0, 0.05) is 10.7 Å². The van der Waals surface area contributed by atoms with Gasteiger partial charge in [0.15, 0.2) is 4.80 Å². The molecule has 0 aliphatic heterocycles. The summed E-state index contributed by atoms with van der Waals surface area (Å²) in [6.07, 6.45) is 5.46. The summed E-state index contributed by atoms with van der Waals surface area (Å²) in [5, 5.41) is 3.33. The van der Waals surface area contributed by atoms with Crippen LogP contribution in [0.15, 0.2) is 47.5 Å². The number of carbonyl (C=O) groups excluding carboxylic acids is 1. The molecule has 0 radical (unpaired) electrons. The van der Waals surface area contributed by atoms with E-state index in [1.54, 1.807) is 24.3 Å². The van der Waals surface area contributed by atoms with E-state index in [1.807, 2.05) is 23.6 Å². The number of rotatable bonds is 2. The Hall–Kier alpha value is -2.55. The number of hydrogen-bond acceptors (Lipinski definition) is 2. The fourth-order valence-corrected chi connectivity index (χ4v) is 3.53. The lowest BCUT2D eigenvalue weighted by Gasteiger charge is -2.02. The number of nitrogens with one attached hydrogen (secondary N) is 1. The molecule has 1 aromatic heterocycles. The Morgan fingerprint density at radius 1 is 1.33 bits per heavy atom. The molecule has 1 heterocycles. The molecule has 3 rings (SSSR count). The van der Waals surface area contributed by atoms with Crippen molar-refractivity contribution in [1.29, 1.82) is 0 Å². The van der Waals surface area contributed by atoms with E-state index in [0.29, 0.717) is 22.1 Å². The van der Waals surface area contributed by atoms with Crippen LogP contribution in [0, 0.1) is 19.3 Å². The summed E-state index contributed by atoms with van der Waals surface area (Å²) in [7, 11) is 0. The van der Waals surface area contributed by atoms with E-state index in [2.05, 4.69) is 22.3 Å². The molecule has 0 spiro atoms. The number of aryl methyl sites for hydroxylation is 1. The predicted molar refractivity (Wildman–Crippen MR) is 99.4 cm³/mol. The van der Waals surface area contributed by atoms with Gasteiger partial charge < -0.3 is 9.88 Å². The number of hydrogen-bond donors (Lipinski definition) is 1.